The third-order valence-electron chi connectivity index (χ3n) is 3.64. The number of nitrogens with zero attached hydrogens (tertiary/aromatic N) is 2. The maximum atomic E-state index is 12.0. The summed E-state index contributed by atoms with van der Waals surface area (Å²) in [6.45, 7) is 6.50. The Bertz CT molecular complexity index is 713. The Labute approximate surface area is 136 Å². The molecule has 0 aliphatic rings. The van der Waals surface area contributed by atoms with Gasteiger partial charge in [-0.3, -0.25) is 0 Å². The molecule has 2 aromatic rings. The van der Waals surface area contributed by atoms with E-state index in [0.29, 0.717) is 23.7 Å². The summed E-state index contributed by atoms with van der Waals surface area (Å²) in [6.07, 6.45) is 3.97. The lowest BCUT2D eigenvalue weighted by atomic mass is 10.1. The number of rotatable bonds is 7. The summed E-state index contributed by atoms with van der Waals surface area (Å²) in [5, 5.41) is 9.32. The standard InChI is InChI=1S/C18H22N2O3/c1-13(2)7-9-22-14(3)18(21)23-12-15-11-20-8-5-4-6-17(20)16(15)10-19/h4-6,8,11,13-14H,7,9,12H2,1-3H3. The smallest absolute Gasteiger partial charge is 0.335 e. The van der Waals surface area contributed by atoms with Crippen molar-refractivity contribution in [2.75, 3.05) is 6.61 Å². The summed E-state index contributed by atoms with van der Waals surface area (Å²) in [7, 11) is 0. The Morgan fingerprint density at radius 3 is 2.83 bits per heavy atom. The molecule has 0 saturated heterocycles. The minimum atomic E-state index is -0.601. The molecule has 0 aromatic carbocycles. The highest BCUT2D eigenvalue weighted by Crippen LogP contribution is 2.18. The molecule has 2 aromatic heterocycles. The van der Waals surface area contributed by atoms with Gasteiger partial charge in [0.1, 0.15) is 12.7 Å². The molecular formula is C18H22N2O3. The van der Waals surface area contributed by atoms with E-state index in [0.717, 1.165) is 11.9 Å². The minimum absolute atomic E-state index is 0.0707. The highest BCUT2D eigenvalue weighted by molar-refractivity contribution is 5.74. The Balaban J connectivity index is 1.95. The van der Waals surface area contributed by atoms with Crippen molar-refractivity contribution in [2.45, 2.75) is 39.9 Å². The lowest BCUT2D eigenvalue weighted by molar-refractivity contribution is -0.157. The number of hydrogen-bond donors (Lipinski definition) is 0. The fraction of sp³-hybridized carbons (Fsp3) is 0.444. The number of aromatic nitrogens is 1. The topological polar surface area (TPSA) is 63.7 Å². The third kappa shape index (κ3) is 4.33. The zero-order valence-corrected chi connectivity index (χ0v) is 13.8. The van der Waals surface area contributed by atoms with Crippen molar-refractivity contribution < 1.29 is 14.3 Å². The molecule has 0 aliphatic heterocycles. The number of esters is 1. The molecule has 2 heterocycles. The van der Waals surface area contributed by atoms with Crippen LogP contribution >= 0.6 is 0 Å². The summed E-state index contributed by atoms with van der Waals surface area (Å²) < 4.78 is 12.6. The summed E-state index contributed by atoms with van der Waals surface area (Å²) in [6, 6.07) is 7.79. The first-order valence-electron chi connectivity index (χ1n) is 7.79. The molecule has 1 atom stereocenters. The normalized spacial score (nSPS) is 12.3. The van der Waals surface area contributed by atoms with Crippen molar-refractivity contribution in [3.05, 3.63) is 41.7 Å². The van der Waals surface area contributed by atoms with Crippen molar-refractivity contribution in [2.24, 2.45) is 5.92 Å². The quantitative estimate of drug-likeness (QED) is 0.736. The second kappa shape index (κ2) is 7.80. The van der Waals surface area contributed by atoms with Crippen LogP contribution in [0.4, 0.5) is 0 Å². The van der Waals surface area contributed by atoms with Crippen molar-refractivity contribution in [1.29, 1.82) is 5.26 Å². The molecule has 122 valence electrons. The number of fused-ring (bicyclic) bond motifs is 1. The Hall–Kier alpha value is -2.32. The van der Waals surface area contributed by atoms with Crippen LogP contribution in [0, 0.1) is 17.2 Å². The maximum Gasteiger partial charge on any atom is 0.335 e. The van der Waals surface area contributed by atoms with Gasteiger partial charge in [-0.2, -0.15) is 5.26 Å². The van der Waals surface area contributed by atoms with Crippen LogP contribution in [0.5, 0.6) is 0 Å². The fourth-order valence-electron chi connectivity index (χ4n) is 2.23. The number of ether oxygens (including phenoxy) is 2. The van der Waals surface area contributed by atoms with Gasteiger partial charge in [-0.05, 0) is 31.4 Å². The third-order valence-corrected chi connectivity index (χ3v) is 3.64. The predicted molar refractivity (Wildman–Crippen MR) is 86.8 cm³/mol. The minimum Gasteiger partial charge on any atom is -0.459 e. The predicted octanol–water partition coefficient (Wildman–Crippen LogP) is 3.31. The first-order valence-corrected chi connectivity index (χ1v) is 7.79. The van der Waals surface area contributed by atoms with E-state index in [4.69, 9.17) is 9.47 Å². The molecule has 2 rings (SSSR count). The van der Waals surface area contributed by atoms with Crippen LogP contribution in [0.25, 0.3) is 5.52 Å². The monoisotopic (exact) mass is 314 g/mol. The molecule has 0 N–H and O–H groups in total. The van der Waals surface area contributed by atoms with Crippen molar-refractivity contribution in [1.82, 2.24) is 4.40 Å². The van der Waals surface area contributed by atoms with E-state index in [1.807, 2.05) is 35.0 Å². The largest absolute Gasteiger partial charge is 0.459 e. The summed E-state index contributed by atoms with van der Waals surface area (Å²) in [5.41, 5.74) is 2.04. The SMILES string of the molecule is CC(C)CCOC(C)C(=O)OCc1cn2ccccc2c1C#N. The molecule has 5 heteroatoms. The Morgan fingerprint density at radius 1 is 1.35 bits per heavy atom. The lowest BCUT2D eigenvalue weighted by Crippen LogP contribution is -2.24. The molecule has 5 nitrogen and oxygen atoms in total. The molecular weight excluding hydrogens is 292 g/mol. The van der Waals surface area contributed by atoms with Gasteiger partial charge in [0, 0.05) is 24.6 Å². The zero-order chi connectivity index (χ0) is 16.8. The van der Waals surface area contributed by atoms with Gasteiger partial charge in [-0.1, -0.05) is 19.9 Å². The Morgan fingerprint density at radius 2 is 2.13 bits per heavy atom. The summed E-state index contributed by atoms with van der Waals surface area (Å²) in [4.78, 5) is 12.0. The summed E-state index contributed by atoms with van der Waals surface area (Å²) >= 11 is 0. The molecule has 1 unspecified atom stereocenters. The summed E-state index contributed by atoms with van der Waals surface area (Å²) in [5.74, 6) is 0.123. The Kier molecular flexibility index (Phi) is 5.78. The first-order chi connectivity index (χ1) is 11.0. The number of nitriles is 1. The van der Waals surface area contributed by atoms with E-state index in [2.05, 4.69) is 19.9 Å². The molecule has 0 aliphatic carbocycles. The van der Waals surface area contributed by atoms with Gasteiger partial charge in [0.2, 0.25) is 0 Å². The van der Waals surface area contributed by atoms with Gasteiger partial charge in [0.05, 0.1) is 11.1 Å². The number of pyridine rings is 1. The zero-order valence-electron chi connectivity index (χ0n) is 13.8. The molecule has 0 spiro atoms. The van der Waals surface area contributed by atoms with Crippen LogP contribution < -0.4 is 0 Å². The lowest BCUT2D eigenvalue weighted by Gasteiger charge is -2.13. The second-order valence-corrected chi connectivity index (χ2v) is 5.94. The highest BCUT2D eigenvalue weighted by atomic mass is 16.6. The average molecular weight is 314 g/mol. The maximum absolute atomic E-state index is 12.0. The van der Waals surface area contributed by atoms with Crippen LogP contribution in [0.1, 0.15) is 38.3 Å². The van der Waals surface area contributed by atoms with Crippen LogP contribution in [-0.2, 0) is 20.9 Å². The van der Waals surface area contributed by atoms with E-state index in [-0.39, 0.29) is 6.61 Å². The molecule has 23 heavy (non-hydrogen) atoms. The van der Waals surface area contributed by atoms with E-state index in [9.17, 15) is 10.1 Å². The number of carbonyl (C=O) groups excluding carboxylic acids is 1. The van der Waals surface area contributed by atoms with Gasteiger partial charge < -0.3 is 13.9 Å². The van der Waals surface area contributed by atoms with Crippen LogP contribution in [0.3, 0.4) is 0 Å². The fourth-order valence-corrected chi connectivity index (χ4v) is 2.23. The van der Waals surface area contributed by atoms with Gasteiger partial charge in [0.15, 0.2) is 6.10 Å². The average Bonchev–Trinajstić information content (AvgIpc) is 2.89. The van der Waals surface area contributed by atoms with E-state index in [1.54, 1.807) is 6.92 Å². The molecule has 0 amide bonds. The van der Waals surface area contributed by atoms with Crippen molar-refractivity contribution in [3.63, 3.8) is 0 Å². The van der Waals surface area contributed by atoms with Crippen LogP contribution in [-0.4, -0.2) is 23.1 Å². The molecule has 0 fully saturated rings. The molecule has 0 bridgehead atoms. The van der Waals surface area contributed by atoms with Gasteiger partial charge >= 0.3 is 5.97 Å². The second-order valence-electron chi connectivity index (χ2n) is 5.94. The number of hydrogen-bond acceptors (Lipinski definition) is 4. The van der Waals surface area contributed by atoms with E-state index < -0.39 is 12.1 Å². The van der Waals surface area contributed by atoms with Gasteiger partial charge in [-0.15, -0.1) is 0 Å². The molecule has 0 saturated carbocycles. The highest BCUT2D eigenvalue weighted by Gasteiger charge is 2.17. The van der Waals surface area contributed by atoms with Crippen LogP contribution in [0.15, 0.2) is 30.6 Å². The van der Waals surface area contributed by atoms with E-state index in [1.165, 1.54) is 0 Å². The first kappa shape index (κ1) is 17.0. The van der Waals surface area contributed by atoms with Crippen molar-refractivity contribution in [3.8, 4) is 6.07 Å². The van der Waals surface area contributed by atoms with Gasteiger partial charge in [-0.25, -0.2) is 4.79 Å². The molecule has 0 radical (unpaired) electrons. The number of carbonyl (C=O) groups is 1. The van der Waals surface area contributed by atoms with Gasteiger partial charge in [0.25, 0.3) is 0 Å². The van der Waals surface area contributed by atoms with Crippen molar-refractivity contribution >= 4 is 11.5 Å². The van der Waals surface area contributed by atoms with E-state index >= 15 is 0 Å². The van der Waals surface area contributed by atoms with Crippen LogP contribution in [0.2, 0.25) is 0 Å².